The van der Waals surface area contributed by atoms with Crippen LogP contribution in [-0.2, 0) is 6.42 Å². The Balaban J connectivity index is 1.59. The maximum absolute atomic E-state index is 12.0. The minimum absolute atomic E-state index is 0.0954. The van der Waals surface area contributed by atoms with Gasteiger partial charge in [0.25, 0.3) is 11.6 Å². The van der Waals surface area contributed by atoms with E-state index in [9.17, 15) is 14.9 Å². The number of rotatable bonds is 5. The van der Waals surface area contributed by atoms with Crippen LogP contribution in [0.25, 0.3) is 4.96 Å². The lowest BCUT2D eigenvalue weighted by atomic mass is 10.2. The highest BCUT2D eigenvalue weighted by Crippen LogP contribution is 2.13. The minimum Gasteiger partial charge on any atom is -0.352 e. The van der Waals surface area contributed by atoms with Crippen LogP contribution >= 0.6 is 11.3 Å². The van der Waals surface area contributed by atoms with Gasteiger partial charge >= 0.3 is 0 Å². The van der Waals surface area contributed by atoms with Crippen LogP contribution in [0, 0.1) is 10.1 Å². The fourth-order valence-corrected chi connectivity index (χ4v) is 2.78. The molecule has 0 saturated carbocycles. The maximum atomic E-state index is 12.0. The molecule has 0 aliphatic rings. The van der Waals surface area contributed by atoms with Crippen molar-refractivity contribution in [2.75, 3.05) is 6.54 Å². The van der Waals surface area contributed by atoms with Crippen LogP contribution in [0.15, 0.2) is 42.0 Å². The third kappa shape index (κ3) is 2.96. The molecule has 1 amide bonds. The van der Waals surface area contributed by atoms with Crippen molar-refractivity contribution in [3.63, 3.8) is 0 Å². The van der Waals surface area contributed by atoms with Gasteiger partial charge in [0.05, 0.1) is 10.6 Å². The first-order valence-electron chi connectivity index (χ1n) is 6.57. The van der Waals surface area contributed by atoms with E-state index in [1.165, 1.54) is 18.2 Å². The van der Waals surface area contributed by atoms with Gasteiger partial charge in [-0.1, -0.05) is 6.07 Å². The van der Waals surface area contributed by atoms with Gasteiger partial charge in [-0.15, -0.1) is 11.3 Å². The summed E-state index contributed by atoms with van der Waals surface area (Å²) in [6.45, 7) is 0.423. The van der Waals surface area contributed by atoms with Crippen molar-refractivity contribution in [3.8, 4) is 0 Å². The number of nitrogens with zero attached hydrogens (tertiary/aromatic N) is 3. The minimum atomic E-state index is -0.519. The molecule has 0 spiro atoms. The highest BCUT2D eigenvalue weighted by atomic mass is 32.1. The summed E-state index contributed by atoms with van der Waals surface area (Å²) in [7, 11) is 0. The number of non-ortho nitro benzene ring substituents is 1. The summed E-state index contributed by atoms with van der Waals surface area (Å²) in [5.74, 6) is -0.329. The number of carbonyl (C=O) groups is 1. The van der Waals surface area contributed by atoms with Crippen LogP contribution < -0.4 is 5.32 Å². The van der Waals surface area contributed by atoms with Gasteiger partial charge in [-0.05, 0) is 6.07 Å². The Kier molecular flexibility index (Phi) is 3.84. The molecule has 0 bridgehead atoms. The van der Waals surface area contributed by atoms with Crippen molar-refractivity contribution in [2.45, 2.75) is 6.42 Å². The first-order chi connectivity index (χ1) is 10.6. The van der Waals surface area contributed by atoms with Crippen LogP contribution in [0.1, 0.15) is 16.1 Å². The van der Waals surface area contributed by atoms with E-state index in [0.717, 1.165) is 10.7 Å². The van der Waals surface area contributed by atoms with Gasteiger partial charge < -0.3 is 5.32 Å². The number of amides is 1. The van der Waals surface area contributed by atoms with Crippen LogP contribution in [-0.4, -0.2) is 26.8 Å². The highest BCUT2D eigenvalue weighted by molar-refractivity contribution is 7.15. The summed E-state index contributed by atoms with van der Waals surface area (Å²) < 4.78 is 1.93. The maximum Gasteiger partial charge on any atom is 0.270 e. The fraction of sp³-hybridized carbons (Fsp3) is 0.143. The van der Waals surface area contributed by atoms with Gasteiger partial charge in [-0.2, -0.15) is 0 Å². The Labute approximate surface area is 129 Å². The zero-order valence-electron chi connectivity index (χ0n) is 11.4. The van der Waals surface area contributed by atoms with E-state index in [-0.39, 0.29) is 17.2 Å². The van der Waals surface area contributed by atoms with Crippen molar-refractivity contribution in [1.29, 1.82) is 0 Å². The van der Waals surface area contributed by atoms with E-state index in [4.69, 9.17) is 0 Å². The van der Waals surface area contributed by atoms with Crippen LogP contribution in [0.3, 0.4) is 0 Å². The lowest BCUT2D eigenvalue weighted by Gasteiger charge is -2.03. The number of nitro benzene ring substituents is 1. The zero-order valence-corrected chi connectivity index (χ0v) is 12.2. The summed E-state index contributed by atoms with van der Waals surface area (Å²) in [6, 6.07) is 5.67. The molecule has 112 valence electrons. The first-order valence-corrected chi connectivity index (χ1v) is 7.45. The topological polar surface area (TPSA) is 89.5 Å². The Morgan fingerprint density at radius 1 is 1.45 bits per heavy atom. The number of hydrogen-bond donors (Lipinski definition) is 1. The largest absolute Gasteiger partial charge is 0.352 e. The molecule has 2 heterocycles. The average molecular weight is 316 g/mol. The molecule has 0 aliphatic heterocycles. The van der Waals surface area contributed by atoms with E-state index >= 15 is 0 Å². The number of hydrogen-bond acceptors (Lipinski definition) is 5. The van der Waals surface area contributed by atoms with Crippen molar-refractivity contribution in [3.05, 3.63) is 63.4 Å². The Bertz CT molecular complexity index is 811. The van der Waals surface area contributed by atoms with Gasteiger partial charge in [0.15, 0.2) is 4.96 Å². The molecule has 7 nitrogen and oxygen atoms in total. The van der Waals surface area contributed by atoms with Crippen LogP contribution in [0.5, 0.6) is 0 Å². The molecule has 22 heavy (non-hydrogen) atoms. The summed E-state index contributed by atoms with van der Waals surface area (Å²) in [5.41, 5.74) is 1.08. The highest BCUT2D eigenvalue weighted by Gasteiger charge is 2.11. The van der Waals surface area contributed by atoms with Crippen molar-refractivity contribution < 1.29 is 9.72 Å². The lowest BCUT2D eigenvalue weighted by molar-refractivity contribution is -0.384. The van der Waals surface area contributed by atoms with Crippen LogP contribution in [0.2, 0.25) is 0 Å². The monoisotopic (exact) mass is 316 g/mol. The molecular weight excluding hydrogens is 304 g/mol. The Hall–Kier alpha value is -2.74. The summed E-state index contributed by atoms with van der Waals surface area (Å²) in [4.78, 5) is 27.5. The number of imidazole rings is 1. The summed E-state index contributed by atoms with van der Waals surface area (Å²) in [6.07, 6.45) is 4.46. The van der Waals surface area contributed by atoms with E-state index in [1.54, 1.807) is 17.4 Å². The number of thiazole rings is 1. The molecule has 0 unspecified atom stereocenters. The first kappa shape index (κ1) is 14.2. The normalized spacial score (nSPS) is 10.7. The SMILES string of the molecule is O=C(NCCc1cn2ccsc2n1)c1cccc([N+](=O)[O-])c1. The predicted octanol–water partition coefficient (Wildman–Crippen LogP) is 2.28. The second-order valence-electron chi connectivity index (χ2n) is 4.64. The molecular formula is C14H12N4O3S. The van der Waals surface area contributed by atoms with E-state index in [2.05, 4.69) is 10.3 Å². The summed E-state index contributed by atoms with van der Waals surface area (Å²) >= 11 is 1.55. The number of carbonyl (C=O) groups excluding carboxylic acids is 1. The second kappa shape index (κ2) is 5.94. The summed E-state index contributed by atoms with van der Waals surface area (Å²) in [5, 5.41) is 15.4. The molecule has 0 atom stereocenters. The van der Waals surface area contributed by atoms with Crippen molar-refractivity contribution in [2.24, 2.45) is 0 Å². The van der Waals surface area contributed by atoms with Crippen molar-refractivity contribution in [1.82, 2.24) is 14.7 Å². The van der Waals surface area contributed by atoms with E-state index in [0.29, 0.717) is 13.0 Å². The van der Waals surface area contributed by atoms with Gasteiger partial charge in [0.1, 0.15) is 0 Å². The fourth-order valence-electron chi connectivity index (χ4n) is 2.06. The number of benzene rings is 1. The number of nitro groups is 1. The second-order valence-corrected chi connectivity index (χ2v) is 5.51. The number of aromatic nitrogens is 2. The van der Waals surface area contributed by atoms with Gasteiger partial charge in [0, 0.05) is 48.4 Å². The smallest absolute Gasteiger partial charge is 0.270 e. The molecule has 0 radical (unpaired) electrons. The molecule has 1 aromatic carbocycles. The molecule has 0 saturated heterocycles. The quantitative estimate of drug-likeness (QED) is 0.577. The van der Waals surface area contributed by atoms with Gasteiger partial charge in [0.2, 0.25) is 0 Å². The lowest BCUT2D eigenvalue weighted by Crippen LogP contribution is -2.25. The predicted molar refractivity (Wildman–Crippen MR) is 82.2 cm³/mol. The molecule has 1 N–H and O–H groups in total. The van der Waals surface area contributed by atoms with Gasteiger partial charge in [-0.25, -0.2) is 4.98 Å². The number of fused-ring (bicyclic) bond motifs is 1. The Morgan fingerprint density at radius 2 is 2.32 bits per heavy atom. The van der Waals surface area contributed by atoms with E-state index < -0.39 is 4.92 Å². The molecule has 0 aliphatic carbocycles. The van der Waals surface area contributed by atoms with Gasteiger partial charge in [-0.3, -0.25) is 19.3 Å². The molecule has 3 rings (SSSR count). The number of nitrogens with one attached hydrogen (secondary N) is 1. The standard InChI is InChI=1S/C14H12N4O3S/c19-13(10-2-1-3-12(8-10)18(20)21)15-5-4-11-9-17-6-7-22-14(17)16-11/h1-3,6-9H,4-5H2,(H,15,19). The average Bonchev–Trinajstić information content (AvgIpc) is 3.08. The van der Waals surface area contributed by atoms with Crippen molar-refractivity contribution >= 4 is 27.9 Å². The zero-order chi connectivity index (χ0) is 15.5. The molecule has 8 heteroatoms. The molecule has 3 aromatic rings. The molecule has 0 fully saturated rings. The Morgan fingerprint density at radius 3 is 3.09 bits per heavy atom. The molecule has 2 aromatic heterocycles. The third-order valence-corrected chi connectivity index (χ3v) is 3.90. The van der Waals surface area contributed by atoms with E-state index in [1.807, 2.05) is 22.2 Å². The third-order valence-electron chi connectivity index (χ3n) is 3.13. The van der Waals surface area contributed by atoms with Crippen LogP contribution in [0.4, 0.5) is 5.69 Å².